The molecule has 0 unspecified atom stereocenters. The van der Waals surface area contributed by atoms with Crippen molar-refractivity contribution in [1.29, 1.82) is 0 Å². The number of rotatable bonds is 6. The number of ether oxygens (including phenoxy) is 3. The van der Waals surface area contributed by atoms with Crippen molar-refractivity contribution >= 4 is 34.6 Å². The Morgan fingerprint density at radius 3 is 2.34 bits per heavy atom. The molecule has 0 spiro atoms. The summed E-state index contributed by atoms with van der Waals surface area (Å²) in [7, 11) is 1.23. The molecule has 0 atom stereocenters. The molecule has 8 nitrogen and oxygen atoms in total. The topological polar surface area (TPSA) is 95.9 Å². The second-order valence-electron chi connectivity index (χ2n) is 7.58. The Hall–Kier alpha value is -4.59. The van der Waals surface area contributed by atoms with Crippen molar-refractivity contribution in [3.8, 4) is 11.4 Å². The summed E-state index contributed by atoms with van der Waals surface area (Å²) in [6.45, 7) is 3.82. The predicted molar refractivity (Wildman–Crippen MR) is 131 cm³/mol. The molecule has 3 aromatic carbocycles. The Bertz CT molecular complexity index is 1410. The van der Waals surface area contributed by atoms with E-state index in [0.717, 1.165) is 11.2 Å². The van der Waals surface area contributed by atoms with E-state index in [1.807, 2.05) is 41.8 Å². The fourth-order valence-corrected chi connectivity index (χ4v) is 3.93. The molecule has 35 heavy (non-hydrogen) atoms. The van der Waals surface area contributed by atoms with Gasteiger partial charge in [-0.3, -0.25) is 5.32 Å². The van der Waals surface area contributed by atoms with Crippen LogP contribution in [0.25, 0.3) is 16.6 Å². The van der Waals surface area contributed by atoms with Crippen LogP contribution in [0.2, 0.25) is 0 Å². The number of aromatic nitrogens is 1. The average molecular weight is 472 g/mol. The van der Waals surface area contributed by atoms with Gasteiger partial charge in [-0.2, -0.15) is 0 Å². The first-order valence-corrected chi connectivity index (χ1v) is 11.0. The fraction of sp³-hybridized carbons (Fsp3) is 0.148. The molecule has 0 aliphatic heterocycles. The molecule has 1 aromatic heterocycles. The standard InChI is InChI=1S/C27H24N2O6/c1-4-34-26(31)24-17(2)29(18-10-6-5-7-11-18)23-15-14-19(16-21(23)24)35-25(30)20-12-8-9-13-22(20)28-27(32)33-3/h5-16H,4H2,1-3H3,(H,28,32). The van der Waals surface area contributed by atoms with Gasteiger partial charge in [-0.15, -0.1) is 0 Å². The Morgan fingerprint density at radius 1 is 0.914 bits per heavy atom. The zero-order chi connectivity index (χ0) is 24.9. The highest BCUT2D eigenvalue weighted by Crippen LogP contribution is 2.33. The molecule has 0 aliphatic carbocycles. The van der Waals surface area contributed by atoms with E-state index < -0.39 is 18.0 Å². The molecule has 0 bridgehead atoms. The lowest BCUT2D eigenvalue weighted by Crippen LogP contribution is -2.16. The second-order valence-corrected chi connectivity index (χ2v) is 7.58. The smallest absolute Gasteiger partial charge is 0.411 e. The summed E-state index contributed by atoms with van der Waals surface area (Å²) in [5, 5.41) is 3.09. The molecule has 8 heteroatoms. The molecule has 4 aromatic rings. The molecular weight excluding hydrogens is 448 g/mol. The number of nitrogens with one attached hydrogen (secondary N) is 1. The van der Waals surface area contributed by atoms with E-state index in [2.05, 4.69) is 10.1 Å². The highest BCUT2D eigenvalue weighted by atomic mass is 16.5. The van der Waals surface area contributed by atoms with Crippen LogP contribution in [0, 0.1) is 6.92 Å². The minimum atomic E-state index is -0.705. The third-order valence-electron chi connectivity index (χ3n) is 5.45. The summed E-state index contributed by atoms with van der Waals surface area (Å²) in [6, 6.07) is 21.2. The summed E-state index contributed by atoms with van der Waals surface area (Å²) in [5.74, 6) is -0.889. The number of esters is 2. The summed E-state index contributed by atoms with van der Waals surface area (Å²) in [5.41, 5.74) is 3.17. The van der Waals surface area contributed by atoms with E-state index in [0.29, 0.717) is 16.6 Å². The number of anilines is 1. The number of amides is 1. The SMILES string of the molecule is CCOC(=O)c1c(C)n(-c2ccccc2)c2ccc(OC(=O)c3ccccc3NC(=O)OC)cc12. The molecule has 0 aliphatic rings. The number of nitrogens with zero attached hydrogens (tertiary/aromatic N) is 1. The van der Waals surface area contributed by atoms with Crippen molar-refractivity contribution in [3.63, 3.8) is 0 Å². The van der Waals surface area contributed by atoms with Crippen LogP contribution < -0.4 is 10.1 Å². The van der Waals surface area contributed by atoms with Gasteiger partial charge in [-0.1, -0.05) is 30.3 Å². The minimum absolute atomic E-state index is 0.154. The van der Waals surface area contributed by atoms with Gasteiger partial charge >= 0.3 is 18.0 Å². The molecule has 0 saturated carbocycles. The zero-order valence-electron chi connectivity index (χ0n) is 19.5. The molecule has 0 radical (unpaired) electrons. The van der Waals surface area contributed by atoms with Crippen molar-refractivity contribution in [2.75, 3.05) is 19.0 Å². The number of hydrogen-bond donors (Lipinski definition) is 1. The Labute approximate surface area is 202 Å². The number of methoxy groups -OCH3 is 1. The third-order valence-corrected chi connectivity index (χ3v) is 5.45. The van der Waals surface area contributed by atoms with E-state index >= 15 is 0 Å². The number of para-hydroxylation sites is 2. The van der Waals surface area contributed by atoms with E-state index in [-0.39, 0.29) is 23.6 Å². The van der Waals surface area contributed by atoms with Crippen LogP contribution in [0.1, 0.15) is 33.3 Å². The van der Waals surface area contributed by atoms with Gasteiger partial charge in [0.2, 0.25) is 0 Å². The maximum absolute atomic E-state index is 12.9. The molecule has 1 N–H and O–H groups in total. The van der Waals surface area contributed by atoms with E-state index in [1.54, 1.807) is 43.3 Å². The Kier molecular flexibility index (Phi) is 6.82. The fourth-order valence-electron chi connectivity index (χ4n) is 3.93. The van der Waals surface area contributed by atoms with Crippen LogP contribution in [-0.2, 0) is 9.47 Å². The first-order chi connectivity index (χ1) is 16.9. The van der Waals surface area contributed by atoms with Gasteiger partial charge in [0.25, 0.3) is 0 Å². The maximum atomic E-state index is 12.9. The van der Waals surface area contributed by atoms with Gasteiger partial charge in [0, 0.05) is 16.8 Å². The molecule has 0 fully saturated rings. The normalized spacial score (nSPS) is 10.6. The zero-order valence-corrected chi connectivity index (χ0v) is 19.5. The molecule has 1 amide bonds. The van der Waals surface area contributed by atoms with Gasteiger partial charge in [-0.05, 0) is 56.3 Å². The highest BCUT2D eigenvalue weighted by molar-refractivity contribution is 6.07. The van der Waals surface area contributed by atoms with Crippen molar-refractivity contribution in [2.24, 2.45) is 0 Å². The number of benzene rings is 3. The average Bonchev–Trinajstić information content (AvgIpc) is 3.15. The molecule has 178 valence electrons. The van der Waals surface area contributed by atoms with Gasteiger partial charge in [0.1, 0.15) is 5.75 Å². The van der Waals surface area contributed by atoms with E-state index in [9.17, 15) is 14.4 Å². The Morgan fingerprint density at radius 2 is 1.63 bits per heavy atom. The second kappa shape index (κ2) is 10.1. The van der Waals surface area contributed by atoms with Gasteiger partial charge < -0.3 is 18.8 Å². The monoisotopic (exact) mass is 472 g/mol. The van der Waals surface area contributed by atoms with Crippen LogP contribution >= 0.6 is 0 Å². The number of fused-ring (bicyclic) bond motifs is 1. The summed E-state index contributed by atoms with van der Waals surface area (Å²) >= 11 is 0. The van der Waals surface area contributed by atoms with Crippen molar-refractivity contribution in [1.82, 2.24) is 4.57 Å². The maximum Gasteiger partial charge on any atom is 0.411 e. The minimum Gasteiger partial charge on any atom is -0.462 e. The number of hydrogen-bond acceptors (Lipinski definition) is 6. The van der Waals surface area contributed by atoms with Crippen LogP contribution in [0.4, 0.5) is 10.5 Å². The van der Waals surface area contributed by atoms with Crippen LogP contribution in [-0.4, -0.2) is 36.3 Å². The predicted octanol–water partition coefficient (Wildman–Crippen LogP) is 5.51. The highest BCUT2D eigenvalue weighted by Gasteiger charge is 2.23. The number of carbonyl (C=O) groups is 3. The molecule has 1 heterocycles. The molecule has 4 rings (SSSR count). The summed E-state index contributed by atoms with van der Waals surface area (Å²) < 4.78 is 17.5. The quantitative estimate of drug-likeness (QED) is 0.294. The molecular formula is C27H24N2O6. The first kappa shape index (κ1) is 23.6. The first-order valence-electron chi connectivity index (χ1n) is 11.0. The van der Waals surface area contributed by atoms with Crippen molar-refractivity contribution < 1.29 is 28.6 Å². The molecule has 0 saturated heterocycles. The summed E-state index contributed by atoms with van der Waals surface area (Å²) in [6.07, 6.45) is -0.705. The lowest BCUT2D eigenvalue weighted by atomic mass is 10.1. The van der Waals surface area contributed by atoms with Crippen LogP contribution in [0.3, 0.4) is 0 Å². The van der Waals surface area contributed by atoms with E-state index in [4.69, 9.17) is 9.47 Å². The lowest BCUT2D eigenvalue weighted by Gasteiger charge is -2.11. The third kappa shape index (κ3) is 4.72. The number of carbonyl (C=O) groups excluding carboxylic acids is 3. The van der Waals surface area contributed by atoms with Gasteiger partial charge in [0.05, 0.1) is 36.0 Å². The summed E-state index contributed by atoms with van der Waals surface area (Å²) in [4.78, 5) is 37.4. The van der Waals surface area contributed by atoms with Gasteiger partial charge in [-0.25, -0.2) is 14.4 Å². The van der Waals surface area contributed by atoms with Crippen LogP contribution in [0.5, 0.6) is 5.75 Å². The van der Waals surface area contributed by atoms with E-state index in [1.165, 1.54) is 13.2 Å². The lowest BCUT2D eigenvalue weighted by molar-refractivity contribution is 0.0527. The van der Waals surface area contributed by atoms with Crippen LogP contribution in [0.15, 0.2) is 72.8 Å². The largest absolute Gasteiger partial charge is 0.462 e. The Balaban J connectivity index is 1.76. The van der Waals surface area contributed by atoms with Crippen molar-refractivity contribution in [2.45, 2.75) is 13.8 Å². The van der Waals surface area contributed by atoms with Crippen molar-refractivity contribution in [3.05, 3.63) is 89.6 Å². The van der Waals surface area contributed by atoms with Gasteiger partial charge in [0.15, 0.2) is 0 Å².